The Morgan fingerprint density at radius 2 is 1.71 bits per heavy atom. The van der Waals surface area contributed by atoms with Gasteiger partial charge in [0, 0.05) is 23.2 Å². The molecule has 178 valence electrons. The molecule has 3 rings (SSSR count). The van der Waals surface area contributed by atoms with Crippen LogP contribution in [0.3, 0.4) is 0 Å². The summed E-state index contributed by atoms with van der Waals surface area (Å²) < 4.78 is 0. The number of nitrogens with zero attached hydrogens (tertiary/aromatic N) is 2. The molecule has 1 heterocycles. The number of aromatic nitrogens is 1. The van der Waals surface area contributed by atoms with Crippen molar-refractivity contribution in [3.05, 3.63) is 76.3 Å². The average Bonchev–Trinajstić information content (AvgIpc) is 3.21. The summed E-state index contributed by atoms with van der Waals surface area (Å²) in [6.07, 6.45) is 0.102. The fourth-order valence-electron chi connectivity index (χ4n) is 3.39. The topological polar surface area (TPSA) is 91.4 Å². The highest BCUT2D eigenvalue weighted by atomic mass is 32.1. The fraction of sp³-hybridized carbons (Fsp3) is 0.308. The van der Waals surface area contributed by atoms with Gasteiger partial charge in [-0.05, 0) is 55.2 Å². The number of carbonyl (C=O) groups is 3. The van der Waals surface area contributed by atoms with Gasteiger partial charge >= 0.3 is 0 Å². The first kappa shape index (κ1) is 25.1. The average molecular weight is 479 g/mol. The van der Waals surface area contributed by atoms with Crippen LogP contribution in [0.2, 0.25) is 0 Å². The number of nitrogens with one attached hydrogen (secondary N) is 2. The van der Waals surface area contributed by atoms with E-state index in [4.69, 9.17) is 0 Å². The molecule has 2 aromatic carbocycles. The molecule has 3 aromatic rings. The van der Waals surface area contributed by atoms with E-state index in [0.29, 0.717) is 22.9 Å². The lowest BCUT2D eigenvalue weighted by atomic mass is 10.1. The Hall–Kier alpha value is -3.52. The normalized spacial score (nSPS) is 10.7. The van der Waals surface area contributed by atoms with E-state index in [-0.39, 0.29) is 36.6 Å². The molecule has 8 heteroatoms. The number of benzene rings is 2. The van der Waals surface area contributed by atoms with Gasteiger partial charge in [0.25, 0.3) is 5.91 Å². The van der Waals surface area contributed by atoms with Gasteiger partial charge in [-0.25, -0.2) is 4.98 Å². The van der Waals surface area contributed by atoms with E-state index >= 15 is 0 Å². The summed E-state index contributed by atoms with van der Waals surface area (Å²) in [5.74, 6) is -0.483. The lowest BCUT2D eigenvalue weighted by Crippen LogP contribution is -2.40. The third-order valence-corrected chi connectivity index (χ3v) is 5.96. The maximum atomic E-state index is 12.9. The Labute approximate surface area is 204 Å². The van der Waals surface area contributed by atoms with E-state index in [0.717, 1.165) is 16.8 Å². The van der Waals surface area contributed by atoms with Gasteiger partial charge in [0.05, 0.1) is 12.1 Å². The van der Waals surface area contributed by atoms with Crippen molar-refractivity contribution < 1.29 is 14.4 Å². The van der Waals surface area contributed by atoms with Crippen LogP contribution in [0, 0.1) is 19.8 Å². The van der Waals surface area contributed by atoms with Gasteiger partial charge in [-0.1, -0.05) is 38.1 Å². The van der Waals surface area contributed by atoms with Gasteiger partial charge in [0.2, 0.25) is 11.8 Å². The van der Waals surface area contributed by atoms with Gasteiger partial charge in [-0.15, -0.1) is 11.3 Å². The minimum Gasteiger partial charge on any atom is -0.329 e. The van der Waals surface area contributed by atoms with Crippen LogP contribution < -0.4 is 10.6 Å². The second kappa shape index (κ2) is 11.6. The number of hydrogen-bond acceptors (Lipinski definition) is 5. The second-order valence-electron chi connectivity index (χ2n) is 8.66. The van der Waals surface area contributed by atoms with Crippen molar-refractivity contribution in [2.24, 2.45) is 5.92 Å². The number of amides is 3. The molecule has 0 aliphatic rings. The molecule has 3 amide bonds. The molecule has 7 nitrogen and oxygen atoms in total. The lowest BCUT2D eigenvalue weighted by Gasteiger charge is -2.24. The first-order chi connectivity index (χ1) is 16.2. The molecule has 1 aromatic heterocycles. The highest BCUT2D eigenvalue weighted by Gasteiger charge is 2.20. The van der Waals surface area contributed by atoms with Crippen LogP contribution in [0.4, 0.5) is 10.8 Å². The maximum absolute atomic E-state index is 12.9. The minimum atomic E-state index is -0.328. The predicted octanol–water partition coefficient (Wildman–Crippen LogP) is 4.68. The summed E-state index contributed by atoms with van der Waals surface area (Å²) in [7, 11) is 0. The molecule has 2 N–H and O–H groups in total. The Morgan fingerprint density at radius 1 is 0.971 bits per heavy atom. The molecule has 0 spiro atoms. The van der Waals surface area contributed by atoms with Crippen molar-refractivity contribution in [2.45, 2.75) is 34.1 Å². The first-order valence-electron chi connectivity index (χ1n) is 11.2. The molecule has 0 unspecified atom stereocenters. The summed E-state index contributed by atoms with van der Waals surface area (Å²) in [5, 5.41) is 7.77. The second-order valence-corrected chi connectivity index (χ2v) is 9.52. The third-order valence-electron chi connectivity index (χ3n) is 5.16. The van der Waals surface area contributed by atoms with Crippen molar-refractivity contribution >= 4 is 39.9 Å². The van der Waals surface area contributed by atoms with Crippen LogP contribution in [0.25, 0.3) is 0 Å². The number of aryl methyl sites for hydroxylation is 2. The molecule has 0 fully saturated rings. The lowest BCUT2D eigenvalue weighted by molar-refractivity contribution is -0.117. The number of anilines is 2. The highest BCUT2D eigenvalue weighted by Crippen LogP contribution is 2.18. The standard InChI is InChI=1S/C26H30N4O3S/c1-17(2)14-30(25(33)20-8-6-5-7-9-20)15-24(32)29-26-28-22(16-34-26)13-23(31)27-21-11-10-18(3)19(4)12-21/h5-12,16-17H,13-15H2,1-4H3,(H,27,31)(H,28,29,32). The largest absolute Gasteiger partial charge is 0.329 e. The molecule has 0 saturated carbocycles. The molecule has 0 bridgehead atoms. The van der Waals surface area contributed by atoms with E-state index in [9.17, 15) is 14.4 Å². The van der Waals surface area contributed by atoms with Crippen LogP contribution in [-0.4, -0.2) is 40.7 Å². The predicted molar refractivity (Wildman–Crippen MR) is 136 cm³/mol. The van der Waals surface area contributed by atoms with Crippen LogP contribution >= 0.6 is 11.3 Å². The van der Waals surface area contributed by atoms with E-state index in [1.165, 1.54) is 11.3 Å². The monoisotopic (exact) mass is 478 g/mol. The van der Waals surface area contributed by atoms with Gasteiger partial charge in [-0.3, -0.25) is 14.4 Å². The van der Waals surface area contributed by atoms with Crippen LogP contribution in [0.5, 0.6) is 0 Å². The molecule has 0 aliphatic carbocycles. The van der Waals surface area contributed by atoms with Crippen LogP contribution in [-0.2, 0) is 16.0 Å². The molecule has 0 saturated heterocycles. The van der Waals surface area contributed by atoms with Crippen molar-refractivity contribution in [3.63, 3.8) is 0 Å². The molecular formula is C26H30N4O3S. The first-order valence-corrected chi connectivity index (χ1v) is 12.0. The van der Waals surface area contributed by atoms with Crippen molar-refractivity contribution in [1.29, 1.82) is 0 Å². The Balaban J connectivity index is 1.57. The van der Waals surface area contributed by atoms with Gasteiger partial charge in [-0.2, -0.15) is 0 Å². The zero-order valence-corrected chi connectivity index (χ0v) is 20.7. The smallest absolute Gasteiger partial charge is 0.254 e. The van der Waals surface area contributed by atoms with Crippen molar-refractivity contribution in [1.82, 2.24) is 9.88 Å². The van der Waals surface area contributed by atoms with E-state index < -0.39 is 0 Å². The van der Waals surface area contributed by atoms with Crippen LogP contribution in [0.1, 0.15) is 41.0 Å². The Bertz CT molecular complexity index is 1160. The highest BCUT2D eigenvalue weighted by molar-refractivity contribution is 7.13. The zero-order chi connectivity index (χ0) is 24.7. The molecule has 0 aliphatic heterocycles. The van der Waals surface area contributed by atoms with E-state index in [1.54, 1.807) is 34.5 Å². The Kier molecular flexibility index (Phi) is 8.54. The number of thiazole rings is 1. The quantitative estimate of drug-likeness (QED) is 0.467. The van der Waals surface area contributed by atoms with Crippen LogP contribution in [0.15, 0.2) is 53.9 Å². The summed E-state index contributed by atoms with van der Waals surface area (Å²) in [6.45, 7) is 8.40. The van der Waals surface area contributed by atoms with Gasteiger partial charge in [0.1, 0.15) is 6.54 Å². The zero-order valence-electron chi connectivity index (χ0n) is 19.9. The van der Waals surface area contributed by atoms with Crippen molar-refractivity contribution in [2.75, 3.05) is 23.7 Å². The summed E-state index contributed by atoms with van der Waals surface area (Å²) in [5.41, 5.74) is 4.12. The maximum Gasteiger partial charge on any atom is 0.254 e. The van der Waals surface area contributed by atoms with Gasteiger partial charge in [0.15, 0.2) is 5.13 Å². The minimum absolute atomic E-state index is 0.0753. The number of carbonyl (C=O) groups excluding carboxylic acids is 3. The molecule has 0 atom stereocenters. The summed E-state index contributed by atoms with van der Waals surface area (Å²) in [6, 6.07) is 14.7. The van der Waals surface area contributed by atoms with Crippen molar-refractivity contribution in [3.8, 4) is 0 Å². The Morgan fingerprint density at radius 3 is 2.38 bits per heavy atom. The van der Waals surface area contributed by atoms with Gasteiger partial charge < -0.3 is 15.5 Å². The SMILES string of the molecule is Cc1ccc(NC(=O)Cc2csc(NC(=O)CN(CC(C)C)C(=O)c3ccccc3)n2)cc1C. The summed E-state index contributed by atoms with van der Waals surface area (Å²) >= 11 is 1.25. The van der Waals surface area contributed by atoms with E-state index in [1.807, 2.05) is 52.0 Å². The molecule has 34 heavy (non-hydrogen) atoms. The number of hydrogen-bond donors (Lipinski definition) is 2. The number of rotatable bonds is 9. The third kappa shape index (κ3) is 7.25. The molecule has 0 radical (unpaired) electrons. The van der Waals surface area contributed by atoms with E-state index in [2.05, 4.69) is 15.6 Å². The summed E-state index contributed by atoms with van der Waals surface area (Å²) in [4.78, 5) is 43.8. The fourth-order valence-corrected chi connectivity index (χ4v) is 4.12. The molecular weight excluding hydrogens is 448 g/mol.